The summed E-state index contributed by atoms with van der Waals surface area (Å²) in [5.74, 6) is 0.123. The van der Waals surface area contributed by atoms with Crippen LogP contribution in [0.4, 0.5) is 5.82 Å². The first-order valence-corrected chi connectivity index (χ1v) is 6.47. The van der Waals surface area contributed by atoms with Crippen molar-refractivity contribution in [1.29, 1.82) is 0 Å². The lowest BCUT2D eigenvalue weighted by Gasteiger charge is -2.04. The smallest absolute Gasteiger partial charge is 0.264 e. The molecule has 0 aliphatic heterocycles. The van der Waals surface area contributed by atoms with Crippen molar-refractivity contribution in [3.63, 3.8) is 0 Å². The van der Waals surface area contributed by atoms with Gasteiger partial charge in [0.2, 0.25) is 0 Å². The zero-order valence-corrected chi connectivity index (χ0v) is 10.4. The van der Waals surface area contributed by atoms with E-state index in [1.807, 2.05) is 0 Å². The van der Waals surface area contributed by atoms with Gasteiger partial charge in [-0.15, -0.1) is 10.2 Å². The van der Waals surface area contributed by atoms with Crippen LogP contribution >= 0.6 is 11.6 Å². The van der Waals surface area contributed by atoms with Crippen LogP contribution in [0.25, 0.3) is 0 Å². The molecule has 17 heavy (non-hydrogen) atoms. The molecule has 0 saturated carbocycles. The van der Waals surface area contributed by atoms with Crippen LogP contribution in [-0.4, -0.2) is 23.2 Å². The van der Waals surface area contributed by atoms with E-state index in [2.05, 4.69) is 14.9 Å². The van der Waals surface area contributed by atoms with Crippen LogP contribution in [-0.2, 0) is 17.1 Å². The standard InChI is InChI=1S/C9H9ClN4O2S/c1-14-5-4-7(6-14)17(15,16)13-9-3-2-8(10)11-12-9/h2-6H,1H3,(H,12,13). The Morgan fingerprint density at radius 1 is 1.29 bits per heavy atom. The van der Waals surface area contributed by atoms with Gasteiger partial charge < -0.3 is 4.57 Å². The highest BCUT2D eigenvalue weighted by Gasteiger charge is 2.15. The minimum Gasteiger partial charge on any atom is -0.356 e. The van der Waals surface area contributed by atoms with Crippen molar-refractivity contribution >= 4 is 27.4 Å². The van der Waals surface area contributed by atoms with E-state index in [0.29, 0.717) is 0 Å². The minimum atomic E-state index is -3.62. The van der Waals surface area contributed by atoms with Crippen molar-refractivity contribution in [2.24, 2.45) is 7.05 Å². The molecule has 2 rings (SSSR count). The molecule has 0 saturated heterocycles. The molecule has 0 atom stereocenters. The predicted octanol–water partition coefficient (Wildman–Crippen LogP) is 1.27. The molecule has 0 radical (unpaired) electrons. The number of nitrogens with zero attached hydrogens (tertiary/aromatic N) is 3. The number of sulfonamides is 1. The van der Waals surface area contributed by atoms with Gasteiger partial charge in [-0.2, -0.15) is 0 Å². The van der Waals surface area contributed by atoms with Gasteiger partial charge in [0.1, 0.15) is 4.90 Å². The second-order valence-electron chi connectivity index (χ2n) is 3.36. The molecule has 0 unspecified atom stereocenters. The first-order valence-electron chi connectivity index (χ1n) is 4.61. The van der Waals surface area contributed by atoms with E-state index in [-0.39, 0.29) is 15.9 Å². The van der Waals surface area contributed by atoms with E-state index in [1.165, 1.54) is 24.4 Å². The Labute approximate surface area is 103 Å². The molecule has 0 aliphatic rings. The molecular weight excluding hydrogens is 264 g/mol. The fourth-order valence-electron chi connectivity index (χ4n) is 1.20. The summed E-state index contributed by atoms with van der Waals surface area (Å²) in [5.41, 5.74) is 0. The molecule has 0 spiro atoms. The van der Waals surface area contributed by atoms with E-state index in [1.54, 1.807) is 17.8 Å². The highest BCUT2D eigenvalue weighted by atomic mass is 35.5. The molecule has 0 fully saturated rings. The van der Waals surface area contributed by atoms with Crippen LogP contribution in [0.5, 0.6) is 0 Å². The Balaban J connectivity index is 2.26. The zero-order chi connectivity index (χ0) is 12.5. The summed E-state index contributed by atoms with van der Waals surface area (Å²) in [5, 5.41) is 7.36. The molecule has 0 aliphatic carbocycles. The Morgan fingerprint density at radius 3 is 2.59 bits per heavy atom. The van der Waals surface area contributed by atoms with Crippen molar-refractivity contribution in [2.45, 2.75) is 4.90 Å². The number of rotatable bonds is 3. The molecular formula is C9H9ClN4O2S. The maximum atomic E-state index is 11.9. The quantitative estimate of drug-likeness (QED) is 0.913. The lowest BCUT2D eigenvalue weighted by molar-refractivity contribution is 0.600. The molecule has 8 heteroatoms. The lowest BCUT2D eigenvalue weighted by Crippen LogP contribution is -2.13. The summed E-state index contributed by atoms with van der Waals surface area (Å²) < 4.78 is 27.7. The first-order chi connectivity index (χ1) is 7.97. The Hall–Kier alpha value is -1.60. The van der Waals surface area contributed by atoms with Gasteiger partial charge in [0, 0.05) is 19.4 Å². The summed E-state index contributed by atoms with van der Waals surface area (Å²) in [6.45, 7) is 0. The molecule has 0 bridgehead atoms. The summed E-state index contributed by atoms with van der Waals surface area (Å²) in [6.07, 6.45) is 3.13. The fourth-order valence-corrected chi connectivity index (χ4v) is 2.35. The van der Waals surface area contributed by atoms with E-state index >= 15 is 0 Å². The molecule has 0 aromatic carbocycles. The van der Waals surface area contributed by atoms with Gasteiger partial charge in [-0.05, 0) is 18.2 Å². The Kier molecular flexibility index (Phi) is 3.03. The average molecular weight is 273 g/mol. The van der Waals surface area contributed by atoms with Crippen LogP contribution in [0.3, 0.4) is 0 Å². The number of nitrogens with one attached hydrogen (secondary N) is 1. The largest absolute Gasteiger partial charge is 0.356 e. The normalized spacial score (nSPS) is 11.4. The second kappa shape index (κ2) is 4.34. The molecule has 2 aromatic rings. The number of aryl methyl sites for hydroxylation is 1. The van der Waals surface area contributed by atoms with Gasteiger partial charge in [0.05, 0.1) is 0 Å². The Morgan fingerprint density at radius 2 is 2.06 bits per heavy atom. The van der Waals surface area contributed by atoms with Crippen LogP contribution in [0, 0.1) is 0 Å². The van der Waals surface area contributed by atoms with Crippen molar-refractivity contribution in [1.82, 2.24) is 14.8 Å². The van der Waals surface area contributed by atoms with Crippen LogP contribution in [0.15, 0.2) is 35.5 Å². The summed E-state index contributed by atoms with van der Waals surface area (Å²) >= 11 is 5.55. The fraction of sp³-hybridized carbons (Fsp3) is 0.111. The van der Waals surface area contributed by atoms with E-state index in [9.17, 15) is 8.42 Å². The maximum absolute atomic E-state index is 11.9. The van der Waals surface area contributed by atoms with Gasteiger partial charge in [-0.25, -0.2) is 8.42 Å². The maximum Gasteiger partial charge on any atom is 0.264 e. The average Bonchev–Trinajstić information content (AvgIpc) is 2.69. The molecule has 0 amide bonds. The van der Waals surface area contributed by atoms with Crippen LogP contribution in [0.2, 0.25) is 5.15 Å². The third-order valence-corrected chi connectivity index (χ3v) is 3.53. The summed E-state index contributed by atoms with van der Waals surface area (Å²) in [6, 6.07) is 4.39. The second-order valence-corrected chi connectivity index (χ2v) is 5.43. The monoisotopic (exact) mass is 272 g/mol. The topological polar surface area (TPSA) is 76.9 Å². The van der Waals surface area contributed by atoms with E-state index in [4.69, 9.17) is 11.6 Å². The molecule has 2 heterocycles. The molecule has 2 aromatic heterocycles. The van der Waals surface area contributed by atoms with Crippen molar-refractivity contribution in [3.8, 4) is 0 Å². The number of aromatic nitrogens is 3. The molecule has 6 nitrogen and oxygen atoms in total. The van der Waals surface area contributed by atoms with Gasteiger partial charge in [-0.1, -0.05) is 11.6 Å². The van der Waals surface area contributed by atoms with Crippen molar-refractivity contribution in [2.75, 3.05) is 4.72 Å². The molecule has 1 N–H and O–H groups in total. The van der Waals surface area contributed by atoms with Crippen molar-refractivity contribution in [3.05, 3.63) is 35.7 Å². The van der Waals surface area contributed by atoms with Crippen LogP contribution < -0.4 is 4.72 Å². The zero-order valence-electron chi connectivity index (χ0n) is 8.83. The first kappa shape index (κ1) is 11.9. The van der Waals surface area contributed by atoms with Crippen LogP contribution in [0.1, 0.15) is 0 Å². The molecule has 90 valence electrons. The minimum absolute atomic E-state index is 0.123. The van der Waals surface area contributed by atoms with E-state index in [0.717, 1.165) is 0 Å². The summed E-state index contributed by atoms with van der Waals surface area (Å²) in [4.78, 5) is 0.164. The van der Waals surface area contributed by atoms with Gasteiger partial charge >= 0.3 is 0 Å². The number of hydrogen-bond acceptors (Lipinski definition) is 4. The SMILES string of the molecule is Cn1ccc(S(=O)(=O)Nc2ccc(Cl)nn2)c1. The van der Waals surface area contributed by atoms with E-state index < -0.39 is 10.0 Å². The third kappa shape index (κ3) is 2.75. The predicted molar refractivity (Wildman–Crippen MR) is 63.3 cm³/mol. The van der Waals surface area contributed by atoms with Crippen molar-refractivity contribution < 1.29 is 8.42 Å². The Bertz CT molecular complexity index is 621. The van der Waals surface area contributed by atoms with Gasteiger partial charge in [0.15, 0.2) is 11.0 Å². The van der Waals surface area contributed by atoms with Gasteiger partial charge in [-0.3, -0.25) is 4.72 Å². The highest BCUT2D eigenvalue weighted by Crippen LogP contribution is 2.14. The number of halogens is 1. The number of anilines is 1. The highest BCUT2D eigenvalue weighted by molar-refractivity contribution is 7.92. The van der Waals surface area contributed by atoms with Gasteiger partial charge in [0.25, 0.3) is 10.0 Å². The summed E-state index contributed by atoms with van der Waals surface area (Å²) in [7, 11) is -1.88. The lowest BCUT2D eigenvalue weighted by atomic mass is 10.5. The third-order valence-electron chi connectivity index (χ3n) is 1.99. The number of hydrogen-bond donors (Lipinski definition) is 1.